The first-order valence-electron chi connectivity index (χ1n) is 4.52. The maximum absolute atomic E-state index is 10.5. The van der Waals surface area contributed by atoms with E-state index in [-0.39, 0.29) is 21.5 Å². The number of nitro benzene ring substituents is 1. The van der Waals surface area contributed by atoms with Crippen LogP contribution in [0.25, 0.3) is 0 Å². The first-order valence-corrected chi connectivity index (χ1v) is 5.28. The van der Waals surface area contributed by atoms with Gasteiger partial charge in [0.15, 0.2) is 5.75 Å². The Balaban J connectivity index is 2.89. The quantitative estimate of drug-likeness (QED) is 0.504. The third kappa shape index (κ3) is 3.23. The normalized spacial score (nSPS) is 10.2. The van der Waals surface area contributed by atoms with E-state index in [1.807, 2.05) is 0 Å². The summed E-state index contributed by atoms with van der Waals surface area (Å²) >= 11 is 11.6. The molecule has 0 atom stereocenters. The van der Waals surface area contributed by atoms with Crippen molar-refractivity contribution in [2.45, 2.75) is 6.42 Å². The average Bonchev–Trinajstić information content (AvgIpc) is 2.21. The number of hydrogen-bond donors (Lipinski definition) is 1. The summed E-state index contributed by atoms with van der Waals surface area (Å²) < 4.78 is 5.28. The Morgan fingerprint density at radius 2 is 1.94 bits per heavy atom. The molecule has 0 aliphatic heterocycles. The molecule has 0 spiro atoms. The molecular formula is C9H10Cl2N2O3. The van der Waals surface area contributed by atoms with Crippen LogP contribution in [0.3, 0.4) is 0 Å². The van der Waals surface area contributed by atoms with Gasteiger partial charge < -0.3 is 10.5 Å². The smallest absolute Gasteiger partial charge is 0.272 e. The topological polar surface area (TPSA) is 78.4 Å². The van der Waals surface area contributed by atoms with Crippen LogP contribution >= 0.6 is 23.2 Å². The fraction of sp³-hybridized carbons (Fsp3) is 0.333. The second-order valence-electron chi connectivity index (χ2n) is 2.99. The lowest BCUT2D eigenvalue weighted by atomic mass is 10.3. The summed E-state index contributed by atoms with van der Waals surface area (Å²) in [5, 5.41) is 10.8. The molecule has 7 heteroatoms. The monoisotopic (exact) mass is 264 g/mol. The standard InChI is InChI=1S/C9H10Cl2N2O3/c10-7-4-6(13(14)15)5-8(11)9(7)16-3-1-2-12/h4-5H,1-3,12H2. The van der Waals surface area contributed by atoms with Crippen LogP contribution in [0.2, 0.25) is 10.0 Å². The van der Waals surface area contributed by atoms with Crippen LogP contribution in [0.15, 0.2) is 12.1 Å². The number of halogens is 2. The molecule has 0 saturated carbocycles. The lowest BCUT2D eigenvalue weighted by Crippen LogP contribution is -2.06. The summed E-state index contributed by atoms with van der Waals surface area (Å²) in [6.07, 6.45) is 0.656. The molecule has 0 aliphatic rings. The van der Waals surface area contributed by atoms with Crippen molar-refractivity contribution in [3.8, 4) is 5.75 Å². The van der Waals surface area contributed by atoms with Gasteiger partial charge in [-0.25, -0.2) is 0 Å². The Bertz CT molecular complexity index is 375. The van der Waals surface area contributed by atoms with Gasteiger partial charge in [0.05, 0.1) is 21.6 Å². The van der Waals surface area contributed by atoms with E-state index < -0.39 is 4.92 Å². The summed E-state index contributed by atoms with van der Waals surface area (Å²) in [6.45, 7) is 0.857. The minimum Gasteiger partial charge on any atom is -0.490 e. The van der Waals surface area contributed by atoms with Crippen molar-refractivity contribution in [1.29, 1.82) is 0 Å². The van der Waals surface area contributed by atoms with Crippen molar-refractivity contribution in [3.05, 3.63) is 32.3 Å². The van der Waals surface area contributed by atoms with Crippen molar-refractivity contribution in [3.63, 3.8) is 0 Å². The van der Waals surface area contributed by atoms with Gasteiger partial charge in [-0.15, -0.1) is 0 Å². The zero-order chi connectivity index (χ0) is 12.1. The predicted molar refractivity (Wildman–Crippen MR) is 62.3 cm³/mol. The number of nitro groups is 1. The zero-order valence-electron chi connectivity index (χ0n) is 8.28. The highest BCUT2D eigenvalue weighted by Crippen LogP contribution is 2.36. The second kappa shape index (κ2) is 5.89. The molecule has 0 fully saturated rings. The van der Waals surface area contributed by atoms with Crippen LogP contribution in [0.1, 0.15) is 6.42 Å². The van der Waals surface area contributed by atoms with E-state index in [9.17, 15) is 10.1 Å². The summed E-state index contributed by atoms with van der Waals surface area (Å²) in [4.78, 5) is 9.94. The molecule has 88 valence electrons. The molecule has 1 aromatic carbocycles. The van der Waals surface area contributed by atoms with Gasteiger partial charge in [-0.05, 0) is 13.0 Å². The molecule has 0 aromatic heterocycles. The van der Waals surface area contributed by atoms with Crippen LogP contribution in [-0.4, -0.2) is 18.1 Å². The second-order valence-corrected chi connectivity index (χ2v) is 3.80. The molecule has 0 amide bonds. The van der Waals surface area contributed by atoms with Gasteiger partial charge in [0.25, 0.3) is 5.69 Å². The van der Waals surface area contributed by atoms with Gasteiger partial charge in [-0.1, -0.05) is 23.2 Å². The number of benzene rings is 1. The average molecular weight is 265 g/mol. The number of hydrogen-bond acceptors (Lipinski definition) is 4. The van der Waals surface area contributed by atoms with Crippen LogP contribution < -0.4 is 10.5 Å². The first kappa shape index (κ1) is 13.0. The summed E-state index contributed by atoms with van der Waals surface area (Å²) in [5.41, 5.74) is 5.13. The summed E-state index contributed by atoms with van der Waals surface area (Å²) in [7, 11) is 0. The molecule has 0 saturated heterocycles. The molecule has 0 unspecified atom stereocenters. The largest absolute Gasteiger partial charge is 0.490 e. The number of ether oxygens (including phenoxy) is 1. The molecule has 1 rings (SSSR count). The Morgan fingerprint density at radius 3 is 2.38 bits per heavy atom. The maximum Gasteiger partial charge on any atom is 0.272 e. The number of rotatable bonds is 5. The molecule has 16 heavy (non-hydrogen) atoms. The molecular weight excluding hydrogens is 255 g/mol. The van der Waals surface area contributed by atoms with Gasteiger partial charge in [0.2, 0.25) is 0 Å². The number of nitrogens with zero attached hydrogens (tertiary/aromatic N) is 1. The first-order chi connectivity index (χ1) is 7.56. The third-order valence-corrected chi connectivity index (χ3v) is 2.35. The fourth-order valence-corrected chi connectivity index (χ4v) is 1.63. The van der Waals surface area contributed by atoms with Crippen molar-refractivity contribution in [2.24, 2.45) is 5.73 Å². The molecule has 1 aromatic rings. The van der Waals surface area contributed by atoms with E-state index >= 15 is 0 Å². The lowest BCUT2D eigenvalue weighted by Gasteiger charge is -2.08. The SMILES string of the molecule is NCCCOc1c(Cl)cc([N+](=O)[O-])cc1Cl. The Kier molecular flexibility index (Phi) is 4.79. The van der Waals surface area contributed by atoms with E-state index in [2.05, 4.69) is 0 Å². The Labute approximate surface area is 102 Å². The lowest BCUT2D eigenvalue weighted by molar-refractivity contribution is -0.384. The van der Waals surface area contributed by atoms with Crippen LogP contribution in [0.4, 0.5) is 5.69 Å². The van der Waals surface area contributed by atoms with E-state index in [1.54, 1.807) is 0 Å². The zero-order valence-corrected chi connectivity index (χ0v) is 9.79. The molecule has 0 radical (unpaired) electrons. The predicted octanol–water partition coefficient (Wildman–Crippen LogP) is 2.63. The summed E-state index contributed by atoms with van der Waals surface area (Å²) in [5.74, 6) is 0.252. The van der Waals surface area contributed by atoms with E-state index in [0.29, 0.717) is 19.6 Å². The number of nitrogens with two attached hydrogens (primary N) is 1. The van der Waals surface area contributed by atoms with Crippen LogP contribution in [-0.2, 0) is 0 Å². The van der Waals surface area contributed by atoms with Crippen LogP contribution in [0, 0.1) is 10.1 Å². The van der Waals surface area contributed by atoms with E-state index in [4.69, 9.17) is 33.7 Å². The molecule has 0 bridgehead atoms. The van der Waals surface area contributed by atoms with Gasteiger partial charge in [-0.3, -0.25) is 10.1 Å². The van der Waals surface area contributed by atoms with Gasteiger partial charge in [-0.2, -0.15) is 0 Å². The maximum atomic E-state index is 10.5. The highest BCUT2D eigenvalue weighted by atomic mass is 35.5. The third-order valence-electron chi connectivity index (χ3n) is 1.79. The van der Waals surface area contributed by atoms with E-state index in [1.165, 1.54) is 12.1 Å². The minimum absolute atomic E-state index is 0.122. The fourth-order valence-electron chi connectivity index (χ4n) is 1.05. The van der Waals surface area contributed by atoms with Gasteiger partial charge in [0, 0.05) is 12.1 Å². The summed E-state index contributed by atoms with van der Waals surface area (Å²) in [6, 6.07) is 2.40. The van der Waals surface area contributed by atoms with Crippen LogP contribution in [0.5, 0.6) is 5.75 Å². The van der Waals surface area contributed by atoms with E-state index in [0.717, 1.165) is 0 Å². The minimum atomic E-state index is -0.568. The van der Waals surface area contributed by atoms with Gasteiger partial charge >= 0.3 is 0 Å². The Hall–Kier alpha value is -1.04. The van der Waals surface area contributed by atoms with Crippen molar-refractivity contribution < 1.29 is 9.66 Å². The van der Waals surface area contributed by atoms with Crippen molar-refractivity contribution in [1.82, 2.24) is 0 Å². The highest BCUT2D eigenvalue weighted by molar-refractivity contribution is 6.37. The van der Waals surface area contributed by atoms with Gasteiger partial charge in [0.1, 0.15) is 0 Å². The van der Waals surface area contributed by atoms with Crippen molar-refractivity contribution in [2.75, 3.05) is 13.2 Å². The Morgan fingerprint density at radius 1 is 1.38 bits per heavy atom. The molecule has 0 aliphatic carbocycles. The molecule has 5 nitrogen and oxygen atoms in total. The molecule has 0 heterocycles. The number of non-ortho nitro benzene ring substituents is 1. The molecule has 2 N–H and O–H groups in total. The highest BCUT2D eigenvalue weighted by Gasteiger charge is 2.15. The van der Waals surface area contributed by atoms with Crippen molar-refractivity contribution >= 4 is 28.9 Å².